The zero-order valence-corrected chi connectivity index (χ0v) is 8.78. The smallest absolute Gasteiger partial charge is 0.408 e. The molecule has 1 amide bonds. The first-order valence-electron chi connectivity index (χ1n) is 4.73. The van der Waals surface area contributed by atoms with Gasteiger partial charge in [0.05, 0.1) is 12.1 Å². The molecule has 0 aromatic carbocycles. The molecule has 2 N–H and O–H groups in total. The standard InChI is InChI=1S/C10H17NO3/c1-10(2,3)14-9(13)11-7-4-5-8(12)6-7/h4-5,7-8,12H,6H2,1-3H3,(H,11,13)/t7?,8-/m1/s1. The Balaban J connectivity index is 2.32. The lowest BCUT2D eigenvalue weighted by Gasteiger charge is -2.21. The maximum atomic E-state index is 11.3. The van der Waals surface area contributed by atoms with Crippen LogP contribution in [-0.2, 0) is 4.74 Å². The van der Waals surface area contributed by atoms with E-state index < -0.39 is 17.8 Å². The molecule has 0 aromatic rings. The molecule has 0 aliphatic heterocycles. The van der Waals surface area contributed by atoms with Gasteiger partial charge in [0.25, 0.3) is 0 Å². The van der Waals surface area contributed by atoms with Crippen molar-refractivity contribution < 1.29 is 14.6 Å². The Hall–Kier alpha value is -1.03. The number of hydrogen-bond acceptors (Lipinski definition) is 3. The van der Waals surface area contributed by atoms with E-state index in [-0.39, 0.29) is 6.04 Å². The van der Waals surface area contributed by atoms with Gasteiger partial charge < -0.3 is 15.2 Å². The van der Waals surface area contributed by atoms with Crippen LogP contribution in [0.25, 0.3) is 0 Å². The predicted molar refractivity (Wildman–Crippen MR) is 52.9 cm³/mol. The van der Waals surface area contributed by atoms with E-state index in [1.54, 1.807) is 12.2 Å². The van der Waals surface area contributed by atoms with Crippen molar-refractivity contribution >= 4 is 6.09 Å². The van der Waals surface area contributed by atoms with Gasteiger partial charge in [-0.25, -0.2) is 4.79 Å². The molecule has 4 nitrogen and oxygen atoms in total. The van der Waals surface area contributed by atoms with Gasteiger partial charge in [0.15, 0.2) is 0 Å². The van der Waals surface area contributed by atoms with Gasteiger partial charge in [0, 0.05) is 6.42 Å². The lowest BCUT2D eigenvalue weighted by atomic mass is 10.2. The zero-order valence-electron chi connectivity index (χ0n) is 8.78. The lowest BCUT2D eigenvalue weighted by molar-refractivity contribution is 0.0509. The van der Waals surface area contributed by atoms with E-state index in [1.165, 1.54) is 0 Å². The Morgan fingerprint density at radius 3 is 2.57 bits per heavy atom. The summed E-state index contributed by atoms with van der Waals surface area (Å²) >= 11 is 0. The van der Waals surface area contributed by atoms with Crippen molar-refractivity contribution in [3.63, 3.8) is 0 Å². The summed E-state index contributed by atoms with van der Waals surface area (Å²) in [4.78, 5) is 11.3. The van der Waals surface area contributed by atoms with Gasteiger partial charge in [-0.3, -0.25) is 0 Å². The molecule has 14 heavy (non-hydrogen) atoms. The summed E-state index contributed by atoms with van der Waals surface area (Å²) in [6.07, 6.45) is 3.08. The number of amides is 1. The van der Waals surface area contributed by atoms with E-state index in [1.807, 2.05) is 20.8 Å². The minimum absolute atomic E-state index is 0.111. The number of carbonyl (C=O) groups excluding carboxylic acids is 1. The van der Waals surface area contributed by atoms with E-state index in [9.17, 15) is 4.79 Å². The van der Waals surface area contributed by atoms with Crippen LogP contribution >= 0.6 is 0 Å². The van der Waals surface area contributed by atoms with Crippen LogP contribution in [0.3, 0.4) is 0 Å². The monoisotopic (exact) mass is 199 g/mol. The molecule has 0 bridgehead atoms. The second kappa shape index (κ2) is 4.00. The molecule has 0 aromatic heterocycles. The third-order valence-electron chi connectivity index (χ3n) is 1.76. The summed E-state index contributed by atoms with van der Waals surface area (Å²) < 4.78 is 5.07. The minimum atomic E-state index is -0.481. The van der Waals surface area contributed by atoms with Gasteiger partial charge in [-0.1, -0.05) is 12.2 Å². The third kappa shape index (κ3) is 3.79. The first kappa shape index (κ1) is 11.0. The molecular weight excluding hydrogens is 182 g/mol. The van der Waals surface area contributed by atoms with Crippen molar-refractivity contribution in [3.8, 4) is 0 Å². The fourth-order valence-corrected chi connectivity index (χ4v) is 1.25. The van der Waals surface area contributed by atoms with Crippen LogP contribution in [0.4, 0.5) is 4.79 Å². The molecule has 0 saturated carbocycles. The van der Waals surface area contributed by atoms with Crippen molar-refractivity contribution in [2.24, 2.45) is 0 Å². The number of aliphatic hydroxyl groups excluding tert-OH is 1. The zero-order chi connectivity index (χ0) is 10.8. The van der Waals surface area contributed by atoms with E-state index in [4.69, 9.17) is 9.84 Å². The van der Waals surface area contributed by atoms with E-state index >= 15 is 0 Å². The van der Waals surface area contributed by atoms with Gasteiger partial charge >= 0.3 is 6.09 Å². The lowest BCUT2D eigenvalue weighted by Crippen LogP contribution is -2.38. The van der Waals surface area contributed by atoms with Crippen molar-refractivity contribution in [1.29, 1.82) is 0 Å². The average Bonchev–Trinajstić information content (AvgIpc) is 2.30. The van der Waals surface area contributed by atoms with Crippen LogP contribution in [0.5, 0.6) is 0 Å². The Bertz CT molecular complexity index is 242. The van der Waals surface area contributed by atoms with Crippen LogP contribution in [-0.4, -0.2) is 28.9 Å². The molecule has 0 fully saturated rings. The molecule has 1 unspecified atom stereocenters. The first-order chi connectivity index (χ1) is 6.37. The number of alkyl carbamates (subject to hydrolysis) is 1. The van der Waals surface area contributed by atoms with Crippen LogP contribution in [0.15, 0.2) is 12.2 Å². The van der Waals surface area contributed by atoms with E-state index in [0.717, 1.165) is 0 Å². The summed E-state index contributed by atoms with van der Waals surface area (Å²) in [5.41, 5.74) is -0.481. The van der Waals surface area contributed by atoms with E-state index in [0.29, 0.717) is 6.42 Å². The summed E-state index contributed by atoms with van der Waals surface area (Å²) in [6, 6.07) is -0.111. The maximum Gasteiger partial charge on any atom is 0.408 e. The van der Waals surface area contributed by atoms with Gasteiger partial charge in [-0.15, -0.1) is 0 Å². The third-order valence-corrected chi connectivity index (χ3v) is 1.76. The number of ether oxygens (including phenoxy) is 1. The number of carbonyl (C=O) groups is 1. The van der Waals surface area contributed by atoms with Crippen molar-refractivity contribution in [2.45, 2.75) is 44.9 Å². The quantitative estimate of drug-likeness (QED) is 0.624. The highest BCUT2D eigenvalue weighted by atomic mass is 16.6. The Kier molecular flexibility index (Phi) is 3.16. The predicted octanol–water partition coefficient (Wildman–Crippen LogP) is 1.20. The highest BCUT2D eigenvalue weighted by Crippen LogP contribution is 2.12. The molecular formula is C10H17NO3. The van der Waals surface area contributed by atoms with Gasteiger partial charge in [0.1, 0.15) is 5.60 Å². The molecule has 0 radical (unpaired) electrons. The Morgan fingerprint density at radius 2 is 2.14 bits per heavy atom. The van der Waals surface area contributed by atoms with Gasteiger partial charge in [0.2, 0.25) is 0 Å². The topological polar surface area (TPSA) is 58.6 Å². The molecule has 1 aliphatic rings. The second-order valence-electron chi connectivity index (χ2n) is 4.44. The molecule has 0 heterocycles. The first-order valence-corrected chi connectivity index (χ1v) is 4.73. The average molecular weight is 199 g/mol. The van der Waals surface area contributed by atoms with Crippen LogP contribution in [0.2, 0.25) is 0 Å². The number of hydrogen-bond donors (Lipinski definition) is 2. The molecule has 1 aliphatic carbocycles. The van der Waals surface area contributed by atoms with Crippen molar-refractivity contribution in [1.82, 2.24) is 5.32 Å². The second-order valence-corrected chi connectivity index (χ2v) is 4.44. The van der Waals surface area contributed by atoms with Gasteiger partial charge in [-0.2, -0.15) is 0 Å². The molecule has 80 valence electrons. The van der Waals surface area contributed by atoms with Crippen LogP contribution in [0, 0.1) is 0 Å². The largest absolute Gasteiger partial charge is 0.444 e. The van der Waals surface area contributed by atoms with E-state index in [2.05, 4.69) is 5.32 Å². The summed E-state index contributed by atoms with van der Waals surface area (Å²) in [5, 5.41) is 11.8. The molecule has 2 atom stereocenters. The highest BCUT2D eigenvalue weighted by molar-refractivity contribution is 5.68. The fraction of sp³-hybridized carbons (Fsp3) is 0.700. The Labute approximate surface area is 83.9 Å². The number of rotatable bonds is 1. The van der Waals surface area contributed by atoms with Crippen molar-refractivity contribution in [2.75, 3.05) is 0 Å². The minimum Gasteiger partial charge on any atom is -0.444 e. The van der Waals surface area contributed by atoms with Crippen molar-refractivity contribution in [3.05, 3.63) is 12.2 Å². The fourth-order valence-electron chi connectivity index (χ4n) is 1.25. The SMILES string of the molecule is CC(C)(C)OC(=O)NC1C=C[C@@H](O)C1. The molecule has 0 spiro atoms. The maximum absolute atomic E-state index is 11.3. The van der Waals surface area contributed by atoms with Crippen LogP contribution in [0.1, 0.15) is 27.2 Å². The normalized spacial score (nSPS) is 26.3. The Morgan fingerprint density at radius 1 is 1.50 bits per heavy atom. The van der Waals surface area contributed by atoms with Gasteiger partial charge in [-0.05, 0) is 20.8 Å². The number of aliphatic hydroxyl groups is 1. The summed E-state index contributed by atoms with van der Waals surface area (Å²) in [6.45, 7) is 5.43. The van der Waals surface area contributed by atoms with Crippen LogP contribution < -0.4 is 5.32 Å². The summed E-state index contributed by atoms with van der Waals surface area (Å²) in [7, 11) is 0. The highest BCUT2D eigenvalue weighted by Gasteiger charge is 2.21. The molecule has 0 saturated heterocycles. The molecule has 4 heteroatoms. The molecule has 1 rings (SSSR count). The summed E-state index contributed by atoms with van der Waals surface area (Å²) in [5.74, 6) is 0. The number of nitrogens with one attached hydrogen (secondary N) is 1.